The second kappa shape index (κ2) is 6.52. The third kappa shape index (κ3) is 3.17. The Balaban J connectivity index is 2.15. The van der Waals surface area contributed by atoms with Crippen LogP contribution in [0.5, 0.6) is 0 Å². The molecule has 1 amide bonds. The number of carboxylic acids is 1. The number of hydrogen-bond donors (Lipinski definition) is 2. The fourth-order valence-corrected chi connectivity index (χ4v) is 2.54. The summed E-state index contributed by atoms with van der Waals surface area (Å²) in [5.41, 5.74) is 7.52. The second-order valence-electron chi connectivity index (χ2n) is 5.04. The summed E-state index contributed by atoms with van der Waals surface area (Å²) < 4.78 is 0. The maximum absolute atomic E-state index is 12.2. The Labute approximate surface area is 118 Å². The lowest BCUT2D eigenvalue weighted by Gasteiger charge is -2.29. The summed E-state index contributed by atoms with van der Waals surface area (Å²) in [5, 5.41) is 9.01. The Bertz CT molecular complexity index is 514. The topological polar surface area (TPSA) is 83.6 Å². The lowest BCUT2D eigenvalue weighted by Crippen LogP contribution is -2.35. The first kappa shape index (κ1) is 14.5. The van der Waals surface area contributed by atoms with Gasteiger partial charge in [-0.05, 0) is 56.0 Å². The molecule has 0 aliphatic carbocycles. The summed E-state index contributed by atoms with van der Waals surface area (Å²) in [5.74, 6) is -0.832. The average Bonchev–Trinajstić information content (AvgIpc) is 2.46. The van der Waals surface area contributed by atoms with Crippen molar-refractivity contribution in [2.24, 2.45) is 5.73 Å². The zero-order valence-electron chi connectivity index (χ0n) is 11.5. The van der Waals surface area contributed by atoms with E-state index in [9.17, 15) is 9.59 Å². The van der Waals surface area contributed by atoms with Crippen molar-refractivity contribution in [2.75, 3.05) is 18.0 Å². The number of benzene rings is 1. The molecule has 0 bridgehead atoms. The van der Waals surface area contributed by atoms with Crippen LogP contribution < -0.4 is 10.6 Å². The van der Waals surface area contributed by atoms with Crippen LogP contribution in [0, 0.1) is 0 Å². The van der Waals surface area contributed by atoms with Gasteiger partial charge in [0, 0.05) is 18.7 Å². The summed E-state index contributed by atoms with van der Waals surface area (Å²) in [4.78, 5) is 25.0. The van der Waals surface area contributed by atoms with E-state index >= 15 is 0 Å². The smallest absolute Gasteiger partial charge is 0.335 e. The Morgan fingerprint density at radius 3 is 2.80 bits per heavy atom. The largest absolute Gasteiger partial charge is 0.478 e. The predicted molar refractivity (Wildman–Crippen MR) is 77.0 cm³/mol. The number of carbonyl (C=O) groups excluding carboxylic acids is 1. The lowest BCUT2D eigenvalue weighted by atomic mass is 9.98. The van der Waals surface area contributed by atoms with Gasteiger partial charge >= 0.3 is 5.97 Å². The molecule has 0 saturated heterocycles. The minimum absolute atomic E-state index is 0.0995. The third-order valence-electron chi connectivity index (χ3n) is 3.59. The molecule has 1 aromatic rings. The SMILES string of the molecule is NCCCCC(=O)N1CCCc2cc(C(=O)O)ccc21. The molecular weight excluding hydrogens is 256 g/mol. The highest BCUT2D eigenvalue weighted by Gasteiger charge is 2.22. The van der Waals surface area contributed by atoms with Gasteiger partial charge in [-0.15, -0.1) is 0 Å². The maximum atomic E-state index is 12.2. The Morgan fingerprint density at radius 2 is 2.10 bits per heavy atom. The van der Waals surface area contributed by atoms with Gasteiger partial charge in [-0.3, -0.25) is 4.79 Å². The first-order valence-corrected chi connectivity index (χ1v) is 7.00. The zero-order valence-corrected chi connectivity index (χ0v) is 11.5. The fraction of sp³-hybridized carbons (Fsp3) is 0.467. The maximum Gasteiger partial charge on any atom is 0.335 e. The number of nitrogens with two attached hydrogens (primary N) is 1. The predicted octanol–water partition coefficient (Wildman–Crippen LogP) is 1.79. The first-order valence-electron chi connectivity index (χ1n) is 7.00. The second-order valence-corrected chi connectivity index (χ2v) is 5.04. The summed E-state index contributed by atoms with van der Waals surface area (Å²) in [6, 6.07) is 4.99. The normalized spacial score (nSPS) is 13.9. The molecule has 0 radical (unpaired) electrons. The molecule has 20 heavy (non-hydrogen) atoms. The minimum atomic E-state index is -0.931. The van der Waals surface area contributed by atoms with E-state index in [1.165, 1.54) is 0 Å². The number of hydrogen-bond acceptors (Lipinski definition) is 3. The molecule has 0 aromatic heterocycles. The van der Waals surface area contributed by atoms with Crippen molar-refractivity contribution >= 4 is 17.6 Å². The van der Waals surface area contributed by atoms with Gasteiger partial charge < -0.3 is 15.7 Å². The van der Waals surface area contributed by atoms with E-state index < -0.39 is 5.97 Å². The lowest BCUT2D eigenvalue weighted by molar-refractivity contribution is -0.118. The van der Waals surface area contributed by atoms with E-state index in [1.807, 2.05) is 0 Å². The molecule has 108 valence electrons. The van der Waals surface area contributed by atoms with Crippen molar-refractivity contribution in [1.29, 1.82) is 0 Å². The van der Waals surface area contributed by atoms with Crippen molar-refractivity contribution in [3.05, 3.63) is 29.3 Å². The number of rotatable bonds is 5. The van der Waals surface area contributed by atoms with Crippen LogP contribution in [0.3, 0.4) is 0 Å². The van der Waals surface area contributed by atoms with E-state index in [2.05, 4.69) is 0 Å². The average molecular weight is 276 g/mol. The number of carbonyl (C=O) groups is 2. The molecule has 0 spiro atoms. The van der Waals surface area contributed by atoms with Gasteiger partial charge in [0.15, 0.2) is 0 Å². The molecule has 5 nitrogen and oxygen atoms in total. The van der Waals surface area contributed by atoms with Crippen LogP contribution in [0.15, 0.2) is 18.2 Å². The van der Waals surface area contributed by atoms with Crippen LogP contribution in [0.1, 0.15) is 41.6 Å². The molecule has 1 aromatic carbocycles. The van der Waals surface area contributed by atoms with E-state index in [0.29, 0.717) is 19.5 Å². The van der Waals surface area contributed by atoms with Gasteiger partial charge in [-0.25, -0.2) is 4.79 Å². The van der Waals surface area contributed by atoms with E-state index in [1.54, 1.807) is 23.1 Å². The molecule has 5 heteroatoms. The standard InChI is InChI=1S/C15H20N2O3/c16-8-2-1-5-14(18)17-9-3-4-11-10-12(15(19)20)6-7-13(11)17/h6-7,10H,1-5,8-9,16H2,(H,19,20). The fourth-order valence-electron chi connectivity index (χ4n) is 2.54. The minimum Gasteiger partial charge on any atom is -0.478 e. The van der Waals surface area contributed by atoms with Crippen LogP contribution in [-0.4, -0.2) is 30.1 Å². The number of nitrogens with zero attached hydrogens (tertiary/aromatic N) is 1. The molecule has 1 aliphatic heterocycles. The van der Waals surface area contributed by atoms with E-state index in [4.69, 9.17) is 10.8 Å². The van der Waals surface area contributed by atoms with Crippen molar-refractivity contribution in [2.45, 2.75) is 32.1 Å². The zero-order chi connectivity index (χ0) is 14.5. The number of unbranched alkanes of at least 4 members (excludes halogenated alkanes) is 1. The number of amides is 1. The molecule has 2 rings (SSSR count). The number of anilines is 1. The van der Waals surface area contributed by atoms with Gasteiger partial charge in [-0.2, -0.15) is 0 Å². The Hall–Kier alpha value is -1.88. The van der Waals surface area contributed by atoms with Crippen molar-refractivity contribution in [3.63, 3.8) is 0 Å². The van der Waals surface area contributed by atoms with Crippen molar-refractivity contribution < 1.29 is 14.7 Å². The first-order chi connectivity index (χ1) is 9.63. The summed E-state index contributed by atoms with van der Waals surface area (Å²) in [6.07, 6.45) is 3.85. The van der Waals surface area contributed by atoms with Crippen molar-refractivity contribution in [1.82, 2.24) is 0 Å². The molecule has 3 N–H and O–H groups in total. The van der Waals surface area contributed by atoms with Crippen LogP contribution in [0.25, 0.3) is 0 Å². The quantitative estimate of drug-likeness (QED) is 0.803. The van der Waals surface area contributed by atoms with Gasteiger partial charge in [0.05, 0.1) is 5.56 Å². The highest BCUT2D eigenvalue weighted by molar-refractivity contribution is 5.96. The summed E-state index contributed by atoms with van der Waals surface area (Å²) in [6.45, 7) is 1.31. The molecule has 1 heterocycles. The third-order valence-corrected chi connectivity index (χ3v) is 3.59. The number of aromatic carboxylic acids is 1. The number of aryl methyl sites for hydroxylation is 1. The van der Waals surface area contributed by atoms with Crippen LogP contribution in [0.4, 0.5) is 5.69 Å². The number of carboxylic acid groups (broad SMARTS) is 1. The van der Waals surface area contributed by atoms with Crippen LogP contribution >= 0.6 is 0 Å². The summed E-state index contributed by atoms with van der Waals surface area (Å²) >= 11 is 0. The van der Waals surface area contributed by atoms with Gasteiger partial charge in [0.25, 0.3) is 0 Å². The Kier molecular flexibility index (Phi) is 4.74. The van der Waals surface area contributed by atoms with E-state index in [-0.39, 0.29) is 11.5 Å². The van der Waals surface area contributed by atoms with Gasteiger partial charge in [-0.1, -0.05) is 0 Å². The number of fused-ring (bicyclic) bond motifs is 1. The highest BCUT2D eigenvalue weighted by Crippen LogP contribution is 2.28. The molecular formula is C15H20N2O3. The molecule has 0 saturated carbocycles. The van der Waals surface area contributed by atoms with E-state index in [0.717, 1.165) is 36.9 Å². The summed E-state index contributed by atoms with van der Waals surface area (Å²) in [7, 11) is 0. The monoisotopic (exact) mass is 276 g/mol. The Morgan fingerprint density at radius 1 is 1.30 bits per heavy atom. The molecule has 1 aliphatic rings. The van der Waals surface area contributed by atoms with Crippen molar-refractivity contribution in [3.8, 4) is 0 Å². The van der Waals surface area contributed by atoms with Crippen LogP contribution in [0.2, 0.25) is 0 Å². The molecule has 0 unspecified atom stereocenters. The molecule has 0 atom stereocenters. The van der Waals surface area contributed by atoms with Gasteiger partial charge in [0.1, 0.15) is 0 Å². The molecule has 0 fully saturated rings. The van der Waals surface area contributed by atoms with Crippen LogP contribution in [-0.2, 0) is 11.2 Å². The van der Waals surface area contributed by atoms with Gasteiger partial charge in [0.2, 0.25) is 5.91 Å². The highest BCUT2D eigenvalue weighted by atomic mass is 16.4.